The van der Waals surface area contributed by atoms with Crippen molar-refractivity contribution in [2.24, 2.45) is 0 Å². The van der Waals surface area contributed by atoms with Gasteiger partial charge in [0.1, 0.15) is 18.0 Å². The van der Waals surface area contributed by atoms with Gasteiger partial charge < -0.3 is 9.30 Å². The largest absolute Gasteiger partial charge is 0.454 e. The van der Waals surface area contributed by atoms with Crippen LogP contribution in [0.2, 0.25) is 0 Å². The van der Waals surface area contributed by atoms with Gasteiger partial charge in [-0.25, -0.2) is 27.2 Å². The maximum atomic E-state index is 12.8. The van der Waals surface area contributed by atoms with Gasteiger partial charge in [-0.2, -0.15) is 5.10 Å². The molecule has 2 heterocycles. The van der Waals surface area contributed by atoms with Gasteiger partial charge in [0.05, 0.1) is 33.5 Å². The molecule has 0 aliphatic rings. The Morgan fingerprint density at radius 1 is 1.12 bits per heavy atom. The lowest BCUT2D eigenvalue weighted by atomic mass is 10.2. The molecule has 10 heteroatoms. The van der Waals surface area contributed by atoms with Gasteiger partial charge in [-0.3, -0.25) is 0 Å². The number of sulfonamides is 1. The van der Waals surface area contributed by atoms with Crippen LogP contribution in [0.3, 0.4) is 0 Å². The number of benzene rings is 2. The molecule has 178 valence electrons. The molecule has 0 saturated heterocycles. The van der Waals surface area contributed by atoms with Crippen molar-refractivity contribution in [3.63, 3.8) is 0 Å². The highest BCUT2D eigenvalue weighted by Gasteiger charge is 2.21. The fourth-order valence-corrected chi connectivity index (χ4v) is 4.68. The lowest BCUT2D eigenvalue weighted by Gasteiger charge is -2.11. The molecule has 0 aliphatic carbocycles. The zero-order valence-corrected chi connectivity index (χ0v) is 20.4. The number of para-hydroxylation sites is 1. The van der Waals surface area contributed by atoms with Crippen molar-refractivity contribution >= 4 is 27.0 Å². The molecule has 0 aliphatic heterocycles. The van der Waals surface area contributed by atoms with Crippen LogP contribution in [0, 0.1) is 6.92 Å². The van der Waals surface area contributed by atoms with Crippen LogP contribution < -0.4 is 0 Å². The summed E-state index contributed by atoms with van der Waals surface area (Å²) in [4.78, 5) is 17.6. The van der Waals surface area contributed by atoms with Crippen molar-refractivity contribution in [1.29, 1.82) is 0 Å². The number of aryl methyl sites for hydroxylation is 1. The number of imidazole rings is 1. The van der Waals surface area contributed by atoms with Crippen molar-refractivity contribution in [2.45, 2.75) is 38.3 Å². The lowest BCUT2D eigenvalue weighted by molar-refractivity contribution is 0.0457. The van der Waals surface area contributed by atoms with E-state index in [9.17, 15) is 13.2 Å². The van der Waals surface area contributed by atoms with E-state index in [0.717, 1.165) is 21.9 Å². The molecule has 0 bridgehead atoms. The van der Waals surface area contributed by atoms with Crippen molar-refractivity contribution in [3.8, 4) is 5.69 Å². The number of hydrogen-bond acceptors (Lipinski definition) is 6. The molecule has 2 aromatic heterocycles. The Kier molecular flexibility index (Phi) is 6.54. The molecule has 0 atom stereocenters. The number of hydrogen-bond donors (Lipinski definition) is 0. The summed E-state index contributed by atoms with van der Waals surface area (Å²) >= 11 is 0. The predicted molar refractivity (Wildman–Crippen MR) is 128 cm³/mol. The third-order valence-corrected chi connectivity index (χ3v) is 7.40. The number of fused-ring (bicyclic) bond motifs is 1. The molecular weight excluding hydrogens is 454 g/mol. The molecule has 0 amide bonds. The summed E-state index contributed by atoms with van der Waals surface area (Å²) < 4.78 is 35.4. The Bertz CT molecular complexity index is 1440. The average molecular weight is 482 g/mol. The first-order chi connectivity index (χ1) is 16.2. The van der Waals surface area contributed by atoms with E-state index in [4.69, 9.17) is 4.74 Å². The number of carbonyl (C=O) groups is 1. The number of rotatable bonds is 8. The molecule has 4 rings (SSSR count). The van der Waals surface area contributed by atoms with Gasteiger partial charge in [-0.05, 0) is 43.7 Å². The van der Waals surface area contributed by atoms with Gasteiger partial charge in [0.2, 0.25) is 10.0 Å². The molecule has 0 radical (unpaired) electrons. The molecular formula is C24H27N5O4S. The Hall–Kier alpha value is -3.50. The monoisotopic (exact) mass is 481 g/mol. The van der Waals surface area contributed by atoms with E-state index >= 15 is 0 Å². The SMILES string of the molecule is CCCn1c(COC(=O)c2cnn(-c3ccccc3)c2C)nc2cc(S(=O)(=O)N(C)C)ccc21. The highest BCUT2D eigenvalue weighted by molar-refractivity contribution is 7.89. The smallest absolute Gasteiger partial charge is 0.342 e. The third-order valence-electron chi connectivity index (χ3n) is 5.59. The quantitative estimate of drug-likeness (QED) is 0.357. The number of esters is 1. The fraction of sp³-hybridized carbons (Fsp3) is 0.292. The molecule has 0 fully saturated rings. The highest BCUT2D eigenvalue weighted by atomic mass is 32.2. The minimum atomic E-state index is -3.58. The van der Waals surface area contributed by atoms with Gasteiger partial charge >= 0.3 is 5.97 Å². The van der Waals surface area contributed by atoms with E-state index in [1.54, 1.807) is 22.9 Å². The summed E-state index contributed by atoms with van der Waals surface area (Å²) in [5, 5.41) is 4.32. The van der Waals surface area contributed by atoms with Crippen molar-refractivity contribution in [1.82, 2.24) is 23.6 Å². The first kappa shape index (κ1) is 23.7. The van der Waals surface area contributed by atoms with Crippen LogP contribution in [0.25, 0.3) is 16.7 Å². The van der Waals surface area contributed by atoms with E-state index in [2.05, 4.69) is 10.1 Å². The molecule has 2 aromatic carbocycles. The molecule has 34 heavy (non-hydrogen) atoms. The maximum absolute atomic E-state index is 12.8. The van der Waals surface area contributed by atoms with Crippen LogP contribution in [-0.2, 0) is 27.9 Å². The standard InChI is InChI=1S/C24H27N5O4S/c1-5-13-28-22-12-11-19(34(31,32)27(3)4)14-21(22)26-23(28)16-33-24(30)20-15-25-29(17(20)2)18-9-7-6-8-10-18/h6-12,14-15H,5,13,16H2,1-4H3. The maximum Gasteiger partial charge on any atom is 0.342 e. The van der Waals surface area contributed by atoms with Gasteiger partial charge in [0.25, 0.3) is 0 Å². The summed E-state index contributed by atoms with van der Waals surface area (Å²) in [6.07, 6.45) is 2.34. The second-order valence-electron chi connectivity index (χ2n) is 8.08. The van der Waals surface area contributed by atoms with Crippen molar-refractivity contribution in [3.05, 3.63) is 71.8 Å². The first-order valence-corrected chi connectivity index (χ1v) is 12.4. The lowest BCUT2D eigenvalue weighted by Crippen LogP contribution is -2.22. The minimum Gasteiger partial charge on any atom is -0.454 e. The van der Waals surface area contributed by atoms with Crippen molar-refractivity contribution in [2.75, 3.05) is 14.1 Å². The highest BCUT2D eigenvalue weighted by Crippen LogP contribution is 2.23. The van der Waals surface area contributed by atoms with Crippen LogP contribution in [0.4, 0.5) is 0 Å². The number of aromatic nitrogens is 4. The predicted octanol–water partition coefficient (Wildman–Crippen LogP) is 3.55. The Labute approximate surface area is 198 Å². The topological polar surface area (TPSA) is 99.3 Å². The summed E-state index contributed by atoms with van der Waals surface area (Å²) in [6, 6.07) is 14.4. The van der Waals surface area contributed by atoms with E-state index in [-0.39, 0.29) is 11.5 Å². The molecule has 0 saturated carbocycles. The van der Waals surface area contributed by atoms with Crippen LogP contribution in [0.5, 0.6) is 0 Å². The Morgan fingerprint density at radius 2 is 1.85 bits per heavy atom. The normalized spacial score (nSPS) is 11.9. The van der Waals surface area contributed by atoms with E-state index < -0.39 is 16.0 Å². The fourth-order valence-electron chi connectivity index (χ4n) is 3.76. The number of ether oxygens (including phenoxy) is 1. The van der Waals surface area contributed by atoms with E-state index in [1.807, 2.05) is 48.7 Å². The van der Waals surface area contributed by atoms with Crippen LogP contribution in [-0.4, -0.2) is 52.1 Å². The summed E-state index contributed by atoms with van der Waals surface area (Å²) in [6.45, 7) is 4.47. The number of carbonyl (C=O) groups excluding carboxylic acids is 1. The Balaban J connectivity index is 1.60. The average Bonchev–Trinajstić information content (AvgIpc) is 3.38. The molecule has 9 nitrogen and oxygen atoms in total. The zero-order chi connectivity index (χ0) is 24.5. The van der Waals surface area contributed by atoms with Crippen LogP contribution in [0.1, 0.15) is 35.2 Å². The van der Waals surface area contributed by atoms with Crippen LogP contribution >= 0.6 is 0 Å². The molecule has 4 aromatic rings. The Morgan fingerprint density at radius 3 is 2.53 bits per heavy atom. The summed E-state index contributed by atoms with van der Waals surface area (Å²) in [5.41, 5.74) is 3.24. The second-order valence-corrected chi connectivity index (χ2v) is 10.2. The van der Waals surface area contributed by atoms with Crippen molar-refractivity contribution < 1.29 is 17.9 Å². The number of nitrogens with zero attached hydrogens (tertiary/aromatic N) is 5. The van der Waals surface area contributed by atoms with Gasteiger partial charge in [-0.15, -0.1) is 0 Å². The second kappa shape index (κ2) is 9.40. The van der Waals surface area contributed by atoms with E-state index in [0.29, 0.717) is 29.1 Å². The summed E-state index contributed by atoms with van der Waals surface area (Å²) in [5.74, 6) is 0.0587. The molecule has 0 spiro atoms. The minimum absolute atomic E-state index is 0.0424. The first-order valence-electron chi connectivity index (χ1n) is 10.9. The van der Waals surface area contributed by atoms with E-state index in [1.165, 1.54) is 20.3 Å². The zero-order valence-electron chi connectivity index (χ0n) is 19.6. The van der Waals surface area contributed by atoms with Gasteiger partial charge in [0, 0.05) is 20.6 Å². The summed E-state index contributed by atoms with van der Waals surface area (Å²) in [7, 11) is -0.606. The van der Waals surface area contributed by atoms with Gasteiger partial charge in [-0.1, -0.05) is 25.1 Å². The van der Waals surface area contributed by atoms with Gasteiger partial charge in [0.15, 0.2) is 0 Å². The molecule has 0 N–H and O–H groups in total. The third kappa shape index (κ3) is 4.34. The molecule has 0 unspecified atom stereocenters. The van der Waals surface area contributed by atoms with Crippen LogP contribution in [0.15, 0.2) is 59.6 Å².